The summed E-state index contributed by atoms with van der Waals surface area (Å²) in [6.45, 7) is 7.51. The van der Waals surface area contributed by atoms with Crippen LogP contribution in [0, 0.1) is 0 Å². The number of amides is 1. The van der Waals surface area contributed by atoms with Crippen LogP contribution in [0.3, 0.4) is 0 Å². The molecule has 0 fully saturated rings. The van der Waals surface area contributed by atoms with Gasteiger partial charge in [0.2, 0.25) is 0 Å². The monoisotopic (exact) mass is 255 g/mol. The van der Waals surface area contributed by atoms with Gasteiger partial charge in [-0.1, -0.05) is 11.6 Å². The topological polar surface area (TPSA) is 38.3 Å². The van der Waals surface area contributed by atoms with Gasteiger partial charge in [-0.3, -0.25) is 4.79 Å². The second-order valence-electron chi connectivity index (χ2n) is 4.95. The van der Waals surface area contributed by atoms with Crippen LogP contribution in [0.1, 0.15) is 27.7 Å². The summed E-state index contributed by atoms with van der Waals surface area (Å²) in [6.07, 6.45) is -0.532. The number of carbonyl (C=O) groups excluding carboxylic acids is 1. The first kappa shape index (κ1) is 13.8. The van der Waals surface area contributed by atoms with E-state index in [1.165, 1.54) is 0 Å². The average molecular weight is 256 g/mol. The van der Waals surface area contributed by atoms with Gasteiger partial charge in [-0.2, -0.15) is 0 Å². The molecule has 0 bridgehead atoms. The van der Waals surface area contributed by atoms with Gasteiger partial charge in [-0.25, -0.2) is 0 Å². The Morgan fingerprint density at radius 1 is 1.29 bits per heavy atom. The molecule has 1 aromatic carbocycles. The third kappa shape index (κ3) is 5.09. The molecule has 0 heterocycles. The van der Waals surface area contributed by atoms with Crippen molar-refractivity contribution in [3.05, 3.63) is 29.3 Å². The summed E-state index contributed by atoms with van der Waals surface area (Å²) >= 11 is 5.76. The van der Waals surface area contributed by atoms with E-state index in [1.54, 1.807) is 31.2 Å². The van der Waals surface area contributed by atoms with Crippen LogP contribution in [0.15, 0.2) is 24.3 Å². The second kappa shape index (κ2) is 5.41. The predicted molar refractivity (Wildman–Crippen MR) is 69.4 cm³/mol. The lowest BCUT2D eigenvalue weighted by Gasteiger charge is -2.23. The number of benzene rings is 1. The Morgan fingerprint density at radius 2 is 1.82 bits per heavy atom. The van der Waals surface area contributed by atoms with Crippen molar-refractivity contribution in [2.45, 2.75) is 39.3 Å². The van der Waals surface area contributed by atoms with Crippen molar-refractivity contribution < 1.29 is 9.53 Å². The van der Waals surface area contributed by atoms with Gasteiger partial charge in [-0.05, 0) is 52.0 Å². The van der Waals surface area contributed by atoms with E-state index in [0.717, 1.165) is 0 Å². The fourth-order valence-corrected chi connectivity index (χ4v) is 1.37. The molecule has 0 aliphatic heterocycles. The van der Waals surface area contributed by atoms with Crippen LogP contribution in [0.5, 0.6) is 5.75 Å². The molecule has 17 heavy (non-hydrogen) atoms. The molecule has 94 valence electrons. The lowest BCUT2D eigenvalue weighted by molar-refractivity contribution is -0.128. The Hall–Kier alpha value is -1.22. The molecule has 0 aliphatic carbocycles. The molecule has 4 heteroatoms. The largest absolute Gasteiger partial charge is 0.481 e. The van der Waals surface area contributed by atoms with Gasteiger partial charge < -0.3 is 10.1 Å². The molecule has 1 N–H and O–H groups in total. The van der Waals surface area contributed by atoms with Gasteiger partial charge >= 0.3 is 0 Å². The van der Waals surface area contributed by atoms with Gasteiger partial charge in [0.15, 0.2) is 6.10 Å². The first-order valence-corrected chi connectivity index (χ1v) is 5.90. The molecule has 1 rings (SSSR count). The third-order valence-electron chi connectivity index (χ3n) is 1.99. The Labute approximate surface area is 107 Å². The highest BCUT2D eigenvalue weighted by atomic mass is 35.5. The molecule has 0 saturated carbocycles. The maximum Gasteiger partial charge on any atom is 0.261 e. The standard InChI is InChI=1S/C13H18ClNO2/c1-9(12(16)15-13(2,3)4)17-11-7-5-10(14)6-8-11/h5-9H,1-4H3,(H,15,16). The Balaban J connectivity index is 2.57. The zero-order valence-electron chi connectivity index (χ0n) is 10.6. The predicted octanol–water partition coefficient (Wildman–Crippen LogP) is 3.02. The van der Waals surface area contributed by atoms with Gasteiger partial charge in [0.05, 0.1) is 0 Å². The maximum atomic E-state index is 11.8. The minimum Gasteiger partial charge on any atom is -0.481 e. The summed E-state index contributed by atoms with van der Waals surface area (Å²) in [5, 5.41) is 3.50. The van der Waals surface area contributed by atoms with E-state index in [9.17, 15) is 4.79 Å². The van der Waals surface area contributed by atoms with E-state index in [4.69, 9.17) is 16.3 Å². The number of hydrogen-bond donors (Lipinski definition) is 1. The zero-order chi connectivity index (χ0) is 13.1. The highest BCUT2D eigenvalue weighted by Gasteiger charge is 2.20. The number of ether oxygens (including phenoxy) is 1. The molecule has 0 radical (unpaired) electrons. The lowest BCUT2D eigenvalue weighted by Crippen LogP contribution is -2.46. The zero-order valence-corrected chi connectivity index (χ0v) is 11.3. The molecule has 0 saturated heterocycles. The van der Waals surface area contributed by atoms with Crippen molar-refractivity contribution in [1.82, 2.24) is 5.32 Å². The molecule has 1 aromatic rings. The summed E-state index contributed by atoms with van der Waals surface area (Å²) in [6, 6.07) is 6.93. The van der Waals surface area contributed by atoms with Crippen LogP contribution in [-0.2, 0) is 4.79 Å². The van der Waals surface area contributed by atoms with E-state index in [-0.39, 0.29) is 11.4 Å². The van der Waals surface area contributed by atoms with Crippen LogP contribution >= 0.6 is 11.6 Å². The molecule has 0 aromatic heterocycles. The summed E-state index contributed by atoms with van der Waals surface area (Å²) in [4.78, 5) is 11.8. The van der Waals surface area contributed by atoms with Crippen molar-refractivity contribution in [2.24, 2.45) is 0 Å². The summed E-state index contributed by atoms with van der Waals surface area (Å²) < 4.78 is 5.51. The number of halogens is 1. The molecule has 1 amide bonds. The smallest absolute Gasteiger partial charge is 0.261 e. The minimum absolute atomic E-state index is 0.132. The molecule has 1 unspecified atom stereocenters. The highest BCUT2D eigenvalue weighted by molar-refractivity contribution is 6.30. The van der Waals surface area contributed by atoms with Gasteiger partial charge in [-0.15, -0.1) is 0 Å². The van der Waals surface area contributed by atoms with Crippen LogP contribution in [0.2, 0.25) is 5.02 Å². The molecule has 0 spiro atoms. The maximum absolute atomic E-state index is 11.8. The number of carbonyl (C=O) groups is 1. The quantitative estimate of drug-likeness (QED) is 0.902. The summed E-state index contributed by atoms with van der Waals surface area (Å²) in [7, 11) is 0. The molecule has 0 aliphatic rings. The van der Waals surface area contributed by atoms with Crippen LogP contribution < -0.4 is 10.1 Å². The number of nitrogens with one attached hydrogen (secondary N) is 1. The van der Waals surface area contributed by atoms with Gasteiger partial charge in [0.25, 0.3) is 5.91 Å². The van der Waals surface area contributed by atoms with Gasteiger partial charge in [0.1, 0.15) is 5.75 Å². The van der Waals surface area contributed by atoms with Crippen LogP contribution in [0.25, 0.3) is 0 Å². The fraction of sp³-hybridized carbons (Fsp3) is 0.462. The van der Waals surface area contributed by atoms with E-state index < -0.39 is 6.10 Å². The summed E-state index contributed by atoms with van der Waals surface area (Å²) in [5.74, 6) is 0.499. The highest BCUT2D eigenvalue weighted by Crippen LogP contribution is 2.17. The van der Waals surface area contributed by atoms with E-state index >= 15 is 0 Å². The van der Waals surface area contributed by atoms with Crippen LogP contribution in [0.4, 0.5) is 0 Å². The second-order valence-corrected chi connectivity index (χ2v) is 5.39. The Kier molecular flexibility index (Phi) is 4.40. The first-order valence-electron chi connectivity index (χ1n) is 5.52. The molecular formula is C13H18ClNO2. The molecule has 1 atom stereocenters. The van der Waals surface area contributed by atoms with E-state index in [1.807, 2.05) is 20.8 Å². The van der Waals surface area contributed by atoms with E-state index in [0.29, 0.717) is 10.8 Å². The van der Waals surface area contributed by atoms with Crippen molar-refractivity contribution in [3.8, 4) is 5.75 Å². The minimum atomic E-state index is -0.532. The van der Waals surface area contributed by atoms with Gasteiger partial charge in [0, 0.05) is 10.6 Å². The Bertz CT molecular complexity index is 381. The van der Waals surface area contributed by atoms with Crippen molar-refractivity contribution >= 4 is 17.5 Å². The lowest BCUT2D eigenvalue weighted by atomic mass is 10.1. The third-order valence-corrected chi connectivity index (χ3v) is 2.25. The normalized spacial score (nSPS) is 13.0. The van der Waals surface area contributed by atoms with Crippen molar-refractivity contribution in [1.29, 1.82) is 0 Å². The molecular weight excluding hydrogens is 238 g/mol. The Morgan fingerprint density at radius 3 is 2.29 bits per heavy atom. The van der Waals surface area contributed by atoms with Crippen molar-refractivity contribution in [3.63, 3.8) is 0 Å². The average Bonchev–Trinajstić information content (AvgIpc) is 2.19. The number of hydrogen-bond acceptors (Lipinski definition) is 2. The molecule has 3 nitrogen and oxygen atoms in total. The van der Waals surface area contributed by atoms with Crippen LogP contribution in [-0.4, -0.2) is 17.6 Å². The van der Waals surface area contributed by atoms with Crippen molar-refractivity contribution in [2.75, 3.05) is 0 Å². The summed E-state index contributed by atoms with van der Waals surface area (Å²) in [5.41, 5.74) is -0.255. The SMILES string of the molecule is CC(Oc1ccc(Cl)cc1)C(=O)NC(C)(C)C. The first-order chi connectivity index (χ1) is 7.78. The van der Waals surface area contributed by atoms with E-state index in [2.05, 4.69) is 5.32 Å². The number of rotatable bonds is 3. The fourth-order valence-electron chi connectivity index (χ4n) is 1.24.